The van der Waals surface area contributed by atoms with E-state index in [9.17, 15) is 26.0 Å². The van der Waals surface area contributed by atoms with E-state index in [1.807, 2.05) is 29.0 Å². The first-order chi connectivity index (χ1) is 13.7. The summed E-state index contributed by atoms with van der Waals surface area (Å²) in [4.78, 5) is 14.9. The third-order valence-electron chi connectivity index (χ3n) is 4.36. The predicted molar refractivity (Wildman–Crippen MR) is 107 cm³/mol. The quantitative estimate of drug-likeness (QED) is 0.523. The number of aromatic amines is 1. The van der Waals surface area contributed by atoms with Crippen LogP contribution >= 0.6 is 0 Å². The third kappa shape index (κ3) is 5.42. The SMILES string of the molecule is O=C(CCc1c[nH]c2ccccc12)NS(=O)(=O)CCS(=O)(=O)c1ccc(F)cc1. The Morgan fingerprint density at radius 2 is 1.66 bits per heavy atom. The second kappa shape index (κ2) is 8.34. The number of hydrogen-bond donors (Lipinski definition) is 2. The van der Waals surface area contributed by atoms with Gasteiger partial charge in [0.25, 0.3) is 0 Å². The molecule has 154 valence electrons. The maximum absolute atomic E-state index is 12.9. The molecule has 2 N–H and O–H groups in total. The van der Waals surface area contributed by atoms with E-state index in [1.54, 1.807) is 6.20 Å². The Bertz CT molecular complexity index is 1230. The lowest BCUT2D eigenvalue weighted by atomic mass is 10.1. The van der Waals surface area contributed by atoms with Crippen molar-refractivity contribution in [2.45, 2.75) is 17.7 Å². The minimum Gasteiger partial charge on any atom is -0.361 e. The molecule has 3 aromatic rings. The molecule has 1 amide bonds. The first-order valence-corrected chi connectivity index (χ1v) is 12.0. The van der Waals surface area contributed by atoms with Gasteiger partial charge in [0.15, 0.2) is 9.84 Å². The molecule has 0 saturated carbocycles. The van der Waals surface area contributed by atoms with Crippen LogP contribution in [0.3, 0.4) is 0 Å². The molecule has 0 bridgehead atoms. The van der Waals surface area contributed by atoms with Gasteiger partial charge in [0, 0.05) is 23.5 Å². The number of amides is 1. The zero-order valence-electron chi connectivity index (χ0n) is 15.3. The molecular formula is C19H19FN2O5S2. The lowest BCUT2D eigenvalue weighted by Crippen LogP contribution is -2.34. The van der Waals surface area contributed by atoms with Crippen LogP contribution in [0.4, 0.5) is 4.39 Å². The van der Waals surface area contributed by atoms with Crippen molar-refractivity contribution < 1.29 is 26.0 Å². The van der Waals surface area contributed by atoms with Gasteiger partial charge in [-0.05, 0) is 42.3 Å². The number of nitrogens with one attached hydrogen (secondary N) is 2. The Kier molecular flexibility index (Phi) is 6.04. The summed E-state index contributed by atoms with van der Waals surface area (Å²) < 4.78 is 63.3. The van der Waals surface area contributed by atoms with Crippen molar-refractivity contribution in [1.29, 1.82) is 0 Å². The van der Waals surface area contributed by atoms with Crippen LogP contribution in [0.2, 0.25) is 0 Å². The summed E-state index contributed by atoms with van der Waals surface area (Å²) in [5.74, 6) is -2.80. The number of aromatic nitrogens is 1. The van der Waals surface area contributed by atoms with E-state index in [4.69, 9.17) is 0 Å². The van der Waals surface area contributed by atoms with Crippen LogP contribution in [0.1, 0.15) is 12.0 Å². The zero-order chi connectivity index (χ0) is 21.1. The van der Waals surface area contributed by atoms with E-state index < -0.39 is 43.1 Å². The Morgan fingerprint density at radius 1 is 0.966 bits per heavy atom. The molecule has 0 unspecified atom stereocenters. The van der Waals surface area contributed by atoms with Crippen LogP contribution in [0.5, 0.6) is 0 Å². The number of para-hydroxylation sites is 1. The van der Waals surface area contributed by atoms with Gasteiger partial charge in [-0.15, -0.1) is 0 Å². The standard InChI is InChI=1S/C19H19FN2O5S2/c20-15-6-8-16(9-7-15)28(24,25)11-12-29(26,27)22-19(23)10-5-14-13-21-18-4-2-1-3-17(14)18/h1-4,6-9,13,21H,5,10-12H2,(H,22,23). The number of benzene rings is 2. The maximum Gasteiger partial charge on any atom is 0.235 e. The topological polar surface area (TPSA) is 113 Å². The summed E-state index contributed by atoms with van der Waals surface area (Å²) in [6.45, 7) is 0. The Morgan fingerprint density at radius 3 is 2.38 bits per heavy atom. The van der Waals surface area contributed by atoms with Gasteiger partial charge in [-0.3, -0.25) is 9.52 Å². The normalized spacial score (nSPS) is 12.2. The number of rotatable bonds is 8. The smallest absolute Gasteiger partial charge is 0.235 e. The van der Waals surface area contributed by atoms with E-state index in [-0.39, 0.29) is 11.3 Å². The minimum atomic E-state index is -4.12. The van der Waals surface area contributed by atoms with Crippen molar-refractivity contribution in [2.75, 3.05) is 11.5 Å². The predicted octanol–water partition coefficient (Wildman–Crippen LogP) is 2.16. The van der Waals surface area contributed by atoms with Crippen molar-refractivity contribution in [2.24, 2.45) is 0 Å². The van der Waals surface area contributed by atoms with Gasteiger partial charge in [-0.2, -0.15) is 0 Å². The molecule has 0 atom stereocenters. The van der Waals surface area contributed by atoms with Crippen LogP contribution in [-0.2, 0) is 31.1 Å². The number of halogens is 1. The highest BCUT2D eigenvalue weighted by atomic mass is 32.2. The van der Waals surface area contributed by atoms with Gasteiger partial charge in [0.1, 0.15) is 5.82 Å². The molecule has 2 aromatic carbocycles. The van der Waals surface area contributed by atoms with Crippen molar-refractivity contribution in [3.63, 3.8) is 0 Å². The van der Waals surface area contributed by atoms with Gasteiger partial charge in [0.2, 0.25) is 15.9 Å². The maximum atomic E-state index is 12.9. The van der Waals surface area contributed by atoms with Crippen LogP contribution < -0.4 is 4.72 Å². The van der Waals surface area contributed by atoms with Crippen LogP contribution in [0, 0.1) is 5.82 Å². The molecule has 0 aliphatic heterocycles. The lowest BCUT2D eigenvalue weighted by molar-refractivity contribution is -0.119. The highest BCUT2D eigenvalue weighted by Crippen LogP contribution is 2.19. The van der Waals surface area contributed by atoms with Gasteiger partial charge >= 0.3 is 0 Å². The van der Waals surface area contributed by atoms with Gasteiger partial charge in [-0.25, -0.2) is 21.2 Å². The Labute approximate surface area is 167 Å². The molecule has 10 heteroatoms. The number of carbonyl (C=O) groups is 1. The average Bonchev–Trinajstić information content (AvgIpc) is 3.08. The molecule has 29 heavy (non-hydrogen) atoms. The second-order valence-corrected chi connectivity index (χ2v) is 10.4. The fraction of sp³-hybridized carbons (Fsp3) is 0.211. The molecule has 0 radical (unpaired) electrons. The molecule has 1 heterocycles. The Hall–Kier alpha value is -2.72. The molecule has 3 rings (SSSR count). The summed E-state index contributed by atoms with van der Waals surface area (Å²) >= 11 is 0. The lowest BCUT2D eigenvalue weighted by Gasteiger charge is -2.08. The highest BCUT2D eigenvalue weighted by molar-refractivity contribution is 7.94. The first-order valence-electron chi connectivity index (χ1n) is 8.73. The second-order valence-electron chi connectivity index (χ2n) is 6.48. The number of aryl methyl sites for hydroxylation is 1. The zero-order valence-corrected chi connectivity index (χ0v) is 16.9. The number of carbonyl (C=O) groups excluding carboxylic acids is 1. The molecule has 0 fully saturated rings. The molecule has 1 aromatic heterocycles. The number of hydrogen-bond acceptors (Lipinski definition) is 5. The third-order valence-corrected chi connectivity index (χ3v) is 7.63. The van der Waals surface area contributed by atoms with E-state index in [0.29, 0.717) is 6.42 Å². The largest absolute Gasteiger partial charge is 0.361 e. The molecule has 0 aliphatic rings. The van der Waals surface area contributed by atoms with E-state index >= 15 is 0 Å². The summed E-state index contributed by atoms with van der Waals surface area (Å²) in [6, 6.07) is 11.6. The summed E-state index contributed by atoms with van der Waals surface area (Å²) in [5.41, 5.74) is 1.80. The average molecular weight is 439 g/mol. The monoisotopic (exact) mass is 438 g/mol. The van der Waals surface area contributed by atoms with Crippen molar-refractivity contribution >= 4 is 36.7 Å². The highest BCUT2D eigenvalue weighted by Gasteiger charge is 2.21. The van der Waals surface area contributed by atoms with Crippen LogP contribution in [-0.4, -0.2) is 39.2 Å². The van der Waals surface area contributed by atoms with Crippen molar-refractivity contribution in [3.05, 3.63) is 66.1 Å². The first kappa shape index (κ1) is 21.0. The minimum absolute atomic E-state index is 0.0637. The fourth-order valence-corrected chi connectivity index (χ4v) is 5.93. The van der Waals surface area contributed by atoms with Crippen molar-refractivity contribution in [3.8, 4) is 0 Å². The summed E-state index contributed by atoms with van der Waals surface area (Å²) in [5, 5.41) is 0.952. The molecule has 0 aliphatic carbocycles. The van der Waals surface area contributed by atoms with E-state index in [1.165, 1.54) is 0 Å². The van der Waals surface area contributed by atoms with Crippen molar-refractivity contribution in [1.82, 2.24) is 9.71 Å². The molecule has 0 spiro atoms. The van der Waals surface area contributed by atoms with Gasteiger partial charge < -0.3 is 4.98 Å². The Balaban J connectivity index is 1.56. The molecule has 7 nitrogen and oxygen atoms in total. The molecular weight excluding hydrogens is 419 g/mol. The summed E-state index contributed by atoms with van der Waals surface area (Å²) in [6.07, 6.45) is 2.03. The van der Waals surface area contributed by atoms with Gasteiger partial charge in [-0.1, -0.05) is 18.2 Å². The number of sulfone groups is 1. The number of sulfonamides is 1. The fourth-order valence-electron chi connectivity index (χ4n) is 2.84. The van der Waals surface area contributed by atoms with Gasteiger partial charge in [0.05, 0.1) is 16.4 Å². The van der Waals surface area contributed by atoms with E-state index in [2.05, 4.69) is 4.98 Å². The number of fused-ring (bicyclic) bond motifs is 1. The summed E-state index contributed by atoms with van der Waals surface area (Å²) in [7, 11) is -8.04. The van der Waals surface area contributed by atoms with E-state index in [0.717, 1.165) is 40.7 Å². The molecule has 0 saturated heterocycles. The van der Waals surface area contributed by atoms with Crippen LogP contribution in [0.15, 0.2) is 59.6 Å². The van der Waals surface area contributed by atoms with Crippen LogP contribution in [0.25, 0.3) is 10.9 Å². The number of H-pyrrole nitrogens is 1.